The van der Waals surface area contributed by atoms with Crippen LogP contribution in [0, 0.1) is 18.8 Å². The van der Waals surface area contributed by atoms with Crippen LogP contribution in [0.1, 0.15) is 35.3 Å². The van der Waals surface area contributed by atoms with Crippen LogP contribution in [0.4, 0.5) is 0 Å². The van der Waals surface area contributed by atoms with E-state index in [4.69, 9.17) is 0 Å². The Labute approximate surface area is 143 Å². The van der Waals surface area contributed by atoms with Gasteiger partial charge in [-0.15, -0.1) is 0 Å². The lowest BCUT2D eigenvalue weighted by Crippen LogP contribution is -2.40. The Morgan fingerprint density at radius 2 is 1.83 bits per heavy atom. The number of hydrogen-bond donors (Lipinski definition) is 0. The smallest absolute Gasteiger partial charge is 0.255 e. The number of aromatic nitrogens is 1. The maximum Gasteiger partial charge on any atom is 0.255 e. The second-order valence-electron chi connectivity index (χ2n) is 6.94. The third-order valence-electron chi connectivity index (χ3n) is 5.38. The maximum absolute atomic E-state index is 12.7. The van der Waals surface area contributed by atoms with Gasteiger partial charge in [0.2, 0.25) is 10.0 Å². The van der Waals surface area contributed by atoms with Crippen LogP contribution in [0.3, 0.4) is 0 Å². The van der Waals surface area contributed by atoms with Gasteiger partial charge in [0, 0.05) is 38.1 Å². The molecule has 3 rings (SSSR count). The number of piperidine rings is 1. The van der Waals surface area contributed by atoms with E-state index >= 15 is 0 Å². The van der Waals surface area contributed by atoms with Gasteiger partial charge in [-0.05, 0) is 50.2 Å². The van der Waals surface area contributed by atoms with Gasteiger partial charge < -0.3 is 4.90 Å². The Balaban J connectivity index is 1.58. The largest absolute Gasteiger partial charge is 0.338 e. The van der Waals surface area contributed by atoms with Crippen molar-refractivity contribution in [3.8, 4) is 0 Å². The van der Waals surface area contributed by atoms with Crippen LogP contribution >= 0.6 is 0 Å². The Morgan fingerprint density at radius 1 is 1.17 bits per heavy atom. The fourth-order valence-electron chi connectivity index (χ4n) is 3.92. The molecule has 2 saturated heterocycles. The Kier molecular flexibility index (Phi) is 4.92. The van der Waals surface area contributed by atoms with Crippen molar-refractivity contribution in [1.29, 1.82) is 0 Å². The van der Waals surface area contributed by atoms with Crippen LogP contribution in [0.5, 0.6) is 0 Å². The Bertz CT molecular complexity index is 712. The first-order valence-electron chi connectivity index (χ1n) is 8.52. The Morgan fingerprint density at radius 3 is 2.46 bits per heavy atom. The molecular weight excluding hydrogens is 326 g/mol. The van der Waals surface area contributed by atoms with Gasteiger partial charge in [0.15, 0.2) is 0 Å². The monoisotopic (exact) mass is 351 g/mol. The highest BCUT2D eigenvalue weighted by Crippen LogP contribution is 2.33. The topological polar surface area (TPSA) is 70.6 Å². The van der Waals surface area contributed by atoms with Crippen molar-refractivity contribution in [1.82, 2.24) is 14.2 Å². The molecule has 2 aliphatic heterocycles. The number of carbonyl (C=O) groups excluding carboxylic acids is 1. The molecule has 6 nitrogen and oxygen atoms in total. The highest BCUT2D eigenvalue weighted by molar-refractivity contribution is 7.88. The lowest BCUT2D eigenvalue weighted by atomic mass is 9.84. The molecule has 1 atom stereocenters. The molecule has 0 N–H and O–H groups in total. The van der Waals surface area contributed by atoms with Crippen molar-refractivity contribution < 1.29 is 13.2 Å². The number of sulfonamides is 1. The first-order valence-corrected chi connectivity index (χ1v) is 10.4. The average molecular weight is 351 g/mol. The number of amides is 1. The lowest BCUT2D eigenvalue weighted by Gasteiger charge is -2.33. The van der Waals surface area contributed by atoms with E-state index in [-0.39, 0.29) is 5.91 Å². The van der Waals surface area contributed by atoms with Crippen LogP contribution in [0.2, 0.25) is 0 Å². The van der Waals surface area contributed by atoms with E-state index in [0.717, 1.165) is 38.0 Å². The van der Waals surface area contributed by atoms with Crippen LogP contribution in [-0.2, 0) is 10.0 Å². The third-order valence-corrected chi connectivity index (χ3v) is 6.69. The molecule has 3 heterocycles. The van der Waals surface area contributed by atoms with Gasteiger partial charge in [-0.1, -0.05) is 0 Å². The third kappa shape index (κ3) is 3.62. The molecule has 0 radical (unpaired) electrons. The van der Waals surface area contributed by atoms with Gasteiger partial charge in [-0.3, -0.25) is 9.78 Å². The molecule has 1 amide bonds. The summed E-state index contributed by atoms with van der Waals surface area (Å²) >= 11 is 0. The normalized spacial score (nSPS) is 23.6. The number of carbonyl (C=O) groups is 1. The number of hydrogen-bond acceptors (Lipinski definition) is 4. The minimum atomic E-state index is -3.08. The van der Waals surface area contributed by atoms with E-state index < -0.39 is 10.0 Å². The summed E-state index contributed by atoms with van der Waals surface area (Å²) in [5.74, 6) is 1.06. The first-order chi connectivity index (χ1) is 11.4. The molecule has 2 aliphatic rings. The molecule has 132 valence electrons. The molecule has 7 heteroatoms. The summed E-state index contributed by atoms with van der Waals surface area (Å²) in [6, 6.07) is 3.64. The fourth-order valence-corrected chi connectivity index (χ4v) is 4.79. The number of nitrogens with zero attached hydrogens (tertiary/aromatic N) is 3. The highest BCUT2D eigenvalue weighted by atomic mass is 32.2. The van der Waals surface area contributed by atoms with E-state index in [0.29, 0.717) is 30.5 Å². The molecule has 0 saturated carbocycles. The molecule has 0 aliphatic carbocycles. The number of rotatable bonds is 3. The SMILES string of the molecule is Cc1ncccc1C(=O)N1CCC(C2CCN(S(C)(=O)=O)CC2)C1. The number of likely N-dealkylation sites (tertiary alicyclic amines) is 1. The fraction of sp³-hybridized carbons (Fsp3) is 0.647. The van der Waals surface area contributed by atoms with Crippen LogP contribution < -0.4 is 0 Å². The van der Waals surface area contributed by atoms with E-state index in [1.165, 1.54) is 6.26 Å². The molecule has 1 aromatic rings. The first kappa shape index (κ1) is 17.4. The summed E-state index contributed by atoms with van der Waals surface area (Å²) in [7, 11) is -3.08. The zero-order valence-electron chi connectivity index (χ0n) is 14.3. The van der Waals surface area contributed by atoms with E-state index in [2.05, 4.69) is 4.98 Å². The van der Waals surface area contributed by atoms with Crippen molar-refractivity contribution in [2.75, 3.05) is 32.4 Å². The summed E-state index contributed by atoms with van der Waals surface area (Å²) in [5.41, 5.74) is 1.46. The molecule has 2 fully saturated rings. The van der Waals surface area contributed by atoms with E-state index in [1.54, 1.807) is 16.6 Å². The summed E-state index contributed by atoms with van der Waals surface area (Å²) in [5, 5.41) is 0. The molecule has 0 spiro atoms. The molecule has 0 bridgehead atoms. The van der Waals surface area contributed by atoms with Crippen LogP contribution in [-0.4, -0.2) is 60.9 Å². The molecule has 1 unspecified atom stereocenters. The summed E-state index contributed by atoms with van der Waals surface area (Å²) in [4.78, 5) is 18.8. The molecule has 0 aromatic carbocycles. The standard InChI is InChI=1S/C17H25N3O3S/c1-13-16(4-3-8-18-13)17(21)19-9-5-15(12-19)14-6-10-20(11-7-14)24(2,22)23/h3-4,8,14-15H,5-7,9-12H2,1-2H3. The minimum Gasteiger partial charge on any atom is -0.338 e. The highest BCUT2D eigenvalue weighted by Gasteiger charge is 2.35. The zero-order chi connectivity index (χ0) is 17.3. The van der Waals surface area contributed by atoms with Gasteiger partial charge in [0.05, 0.1) is 11.8 Å². The van der Waals surface area contributed by atoms with E-state index in [1.807, 2.05) is 17.9 Å². The van der Waals surface area contributed by atoms with Crippen LogP contribution in [0.25, 0.3) is 0 Å². The molecular formula is C17H25N3O3S. The summed E-state index contributed by atoms with van der Waals surface area (Å²) < 4.78 is 24.8. The van der Waals surface area contributed by atoms with Crippen molar-refractivity contribution in [2.24, 2.45) is 11.8 Å². The van der Waals surface area contributed by atoms with Gasteiger partial charge >= 0.3 is 0 Å². The van der Waals surface area contributed by atoms with Crippen LogP contribution in [0.15, 0.2) is 18.3 Å². The second kappa shape index (κ2) is 6.80. The second-order valence-corrected chi connectivity index (χ2v) is 8.92. The zero-order valence-corrected chi connectivity index (χ0v) is 15.1. The number of aryl methyl sites for hydroxylation is 1. The Hall–Kier alpha value is -1.47. The molecule has 1 aromatic heterocycles. The van der Waals surface area contributed by atoms with Gasteiger partial charge in [0.25, 0.3) is 5.91 Å². The molecule has 24 heavy (non-hydrogen) atoms. The summed E-state index contributed by atoms with van der Waals surface area (Å²) in [6.07, 6.45) is 5.78. The van der Waals surface area contributed by atoms with Crippen molar-refractivity contribution >= 4 is 15.9 Å². The summed E-state index contributed by atoms with van der Waals surface area (Å²) in [6.45, 7) is 4.63. The predicted molar refractivity (Wildman–Crippen MR) is 92.1 cm³/mol. The number of pyridine rings is 1. The van der Waals surface area contributed by atoms with E-state index in [9.17, 15) is 13.2 Å². The van der Waals surface area contributed by atoms with Crippen molar-refractivity contribution in [3.63, 3.8) is 0 Å². The van der Waals surface area contributed by atoms with Gasteiger partial charge in [0.1, 0.15) is 0 Å². The lowest BCUT2D eigenvalue weighted by molar-refractivity contribution is 0.0777. The quantitative estimate of drug-likeness (QED) is 0.828. The van der Waals surface area contributed by atoms with Crippen molar-refractivity contribution in [3.05, 3.63) is 29.6 Å². The van der Waals surface area contributed by atoms with Gasteiger partial charge in [-0.2, -0.15) is 0 Å². The van der Waals surface area contributed by atoms with Crippen molar-refractivity contribution in [2.45, 2.75) is 26.2 Å². The minimum absolute atomic E-state index is 0.0664. The van der Waals surface area contributed by atoms with Gasteiger partial charge in [-0.25, -0.2) is 12.7 Å². The average Bonchev–Trinajstić information content (AvgIpc) is 3.04. The predicted octanol–water partition coefficient (Wildman–Crippen LogP) is 1.52. The maximum atomic E-state index is 12.7.